The lowest BCUT2D eigenvalue weighted by Gasteiger charge is -2.28. The lowest BCUT2D eigenvalue weighted by atomic mass is 10.1. The van der Waals surface area contributed by atoms with Gasteiger partial charge < -0.3 is 15.5 Å². The van der Waals surface area contributed by atoms with Gasteiger partial charge in [0.25, 0.3) is 0 Å². The van der Waals surface area contributed by atoms with Crippen molar-refractivity contribution in [3.63, 3.8) is 0 Å². The van der Waals surface area contributed by atoms with Gasteiger partial charge in [0.1, 0.15) is 5.82 Å². The summed E-state index contributed by atoms with van der Waals surface area (Å²) in [6.07, 6.45) is 3.26. The highest BCUT2D eigenvalue weighted by molar-refractivity contribution is 7.10. The third-order valence-electron chi connectivity index (χ3n) is 5.05. The Labute approximate surface area is 180 Å². The Balaban J connectivity index is 1.21. The third-order valence-corrected chi connectivity index (χ3v) is 6.07. The fourth-order valence-corrected chi connectivity index (χ4v) is 4.36. The molecule has 7 heteroatoms. The van der Waals surface area contributed by atoms with Gasteiger partial charge in [-0.15, -0.1) is 11.3 Å². The van der Waals surface area contributed by atoms with Crippen LogP contribution in [0.5, 0.6) is 0 Å². The molecule has 0 saturated heterocycles. The molecule has 0 radical (unpaired) electrons. The lowest BCUT2D eigenvalue weighted by Crippen LogP contribution is -2.30. The van der Waals surface area contributed by atoms with E-state index in [2.05, 4.69) is 32.0 Å². The monoisotopic (exact) mass is 420 g/mol. The molecule has 0 unspecified atom stereocenters. The summed E-state index contributed by atoms with van der Waals surface area (Å²) in [5.41, 5.74) is 2.99. The van der Waals surface area contributed by atoms with Gasteiger partial charge in [0.05, 0.1) is 18.3 Å². The van der Waals surface area contributed by atoms with E-state index in [0.29, 0.717) is 18.7 Å². The third kappa shape index (κ3) is 5.24. The van der Waals surface area contributed by atoms with Crippen LogP contribution < -0.4 is 15.5 Å². The van der Waals surface area contributed by atoms with Crippen molar-refractivity contribution in [1.29, 1.82) is 0 Å². The molecule has 1 aromatic carbocycles. The molecule has 4 rings (SSSR count). The summed E-state index contributed by atoms with van der Waals surface area (Å²) in [5, 5.41) is 7.77. The topological polar surface area (TPSA) is 74.3 Å². The Hall–Kier alpha value is -3.19. The first-order valence-corrected chi connectivity index (χ1v) is 10.9. The first-order chi connectivity index (χ1) is 14.7. The molecule has 0 aliphatic carbocycles. The van der Waals surface area contributed by atoms with E-state index in [-0.39, 0.29) is 18.2 Å². The van der Waals surface area contributed by atoms with Crippen molar-refractivity contribution in [3.05, 3.63) is 76.1 Å². The van der Waals surface area contributed by atoms with Gasteiger partial charge in [-0.2, -0.15) is 0 Å². The van der Waals surface area contributed by atoms with Crippen molar-refractivity contribution in [2.45, 2.75) is 25.8 Å². The number of anilines is 2. The Morgan fingerprint density at radius 3 is 2.73 bits per heavy atom. The minimum atomic E-state index is -0.148. The minimum absolute atomic E-state index is 0.0877. The molecule has 1 aliphatic heterocycles. The van der Waals surface area contributed by atoms with Crippen LogP contribution in [0.1, 0.15) is 22.4 Å². The van der Waals surface area contributed by atoms with Gasteiger partial charge in [0.15, 0.2) is 0 Å². The number of rotatable bonds is 7. The number of pyridine rings is 1. The smallest absolute Gasteiger partial charge is 0.226 e. The summed E-state index contributed by atoms with van der Waals surface area (Å²) in [5.74, 6) is 0.679. The zero-order valence-electron chi connectivity index (χ0n) is 16.6. The van der Waals surface area contributed by atoms with E-state index in [9.17, 15) is 9.59 Å². The average molecular weight is 421 g/mol. The van der Waals surface area contributed by atoms with Crippen LogP contribution >= 0.6 is 11.3 Å². The summed E-state index contributed by atoms with van der Waals surface area (Å²) < 4.78 is 0. The Kier molecular flexibility index (Phi) is 6.39. The van der Waals surface area contributed by atoms with Gasteiger partial charge in [-0.1, -0.05) is 30.3 Å². The number of aromatic nitrogens is 1. The van der Waals surface area contributed by atoms with Crippen LogP contribution in [0.15, 0.2) is 60.1 Å². The van der Waals surface area contributed by atoms with Gasteiger partial charge in [0, 0.05) is 30.9 Å². The van der Waals surface area contributed by atoms with E-state index in [1.165, 1.54) is 10.4 Å². The van der Waals surface area contributed by atoms with Gasteiger partial charge in [-0.25, -0.2) is 4.98 Å². The molecular formula is C23H24N4O2S. The summed E-state index contributed by atoms with van der Waals surface area (Å²) in [4.78, 5) is 32.3. The van der Waals surface area contributed by atoms with E-state index in [1.807, 2.05) is 53.8 Å². The Bertz CT molecular complexity index is 1000. The molecule has 0 saturated carbocycles. The molecule has 2 N–H and O–H groups in total. The largest absolute Gasteiger partial charge is 0.355 e. The predicted octanol–water partition coefficient (Wildman–Crippen LogP) is 3.39. The van der Waals surface area contributed by atoms with Crippen LogP contribution in [0.25, 0.3) is 0 Å². The molecule has 0 fully saturated rings. The van der Waals surface area contributed by atoms with Crippen molar-refractivity contribution in [2.24, 2.45) is 0 Å². The highest BCUT2D eigenvalue weighted by Gasteiger charge is 2.18. The number of carbonyl (C=O) groups is 2. The zero-order chi connectivity index (χ0) is 20.8. The van der Waals surface area contributed by atoms with Crippen molar-refractivity contribution in [2.75, 3.05) is 23.3 Å². The Morgan fingerprint density at radius 1 is 1.07 bits per heavy atom. The van der Waals surface area contributed by atoms with Crippen molar-refractivity contribution < 1.29 is 9.59 Å². The molecule has 3 aromatic rings. The van der Waals surface area contributed by atoms with Crippen LogP contribution in [0, 0.1) is 0 Å². The predicted molar refractivity (Wildman–Crippen MR) is 120 cm³/mol. The number of carbonyl (C=O) groups excluding carboxylic acids is 2. The molecule has 6 nitrogen and oxygen atoms in total. The van der Waals surface area contributed by atoms with Gasteiger partial charge >= 0.3 is 0 Å². The van der Waals surface area contributed by atoms with Gasteiger partial charge in [-0.3, -0.25) is 9.59 Å². The zero-order valence-corrected chi connectivity index (χ0v) is 17.5. The number of hydrogen-bond donors (Lipinski definition) is 2. The van der Waals surface area contributed by atoms with Gasteiger partial charge in [-0.05, 0) is 41.1 Å². The van der Waals surface area contributed by atoms with Crippen LogP contribution in [0.2, 0.25) is 0 Å². The first kappa shape index (κ1) is 20.1. The van der Waals surface area contributed by atoms with Crippen LogP contribution in [0.4, 0.5) is 11.5 Å². The molecular weight excluding hydrogens is 396 g/mol. The number of amides is 2. The standard InChI is InChI=1S/C23H24N4O2S/c28-22(8-11-24-23(29)14-17-4-2-1-3-5-17)26-19-6-7-21(25-15-19)27-12-9-20-18(16-27)10-13-30-20/h1-7,10,13,15H,8-9,11-12,14,16H2,(H,24,29)(H,26,28). The second kappa shape index (κ2) is 9.54. The quantitative estimate of drug-likeness (QED) is 0.614. The molecule has 0 spiro atoms. The number of nitrogens with zero attached hydrogens (tertiary/aromatic N) is 2. The number of fused-ring (bicyclic) bond motifs is 1. The normalized spacial score (nSPS) is 12.9. The van der Waals surface area contributed by atoms with Gasteiger partial charge in [0.2, 0.25) is 11.8 Å². The van der Waals surface area contributed by atoms with Crippen molar-refractivity contribution >= 4 is 34.7 Å². The molecule has 3 heterocycles. The summed E-state index contributed by atoms with van der Waals surface area (Å²) in [6.45, 7) is 2.13. The number of thiophene rings is 1. The second-order valence-corrected chi connectivity index (χ2v) is 8.26. The first-order valence-electron chi connectivity index (χ1n) is 10.0. The average Bonchev–Trinajstić information content (AvgIpc) is 3.23. The van der Waals surface area contributed by atoms with E-state index in [1.54, 1.807) is 6.20 Å². The van der Waals surface area contributed by atoms with E-state index < -0.39 is 0 Å². The lowest BCUT2D eigenvalue weighted by molar-refractivity contribution is -0.120. The van der Waals surface area contributed by atoms with E-state index >= 15 is 0 Å². The van der Waals surface area contributed by atoms with Crippen molar-refractivity contribution in [3.8, 4) is 0 Å². The fourth-order valence-electron chi connectivity index (χ4n) is 3.47. The SMILES string of the molecule is O=C(Cc1ccccc1)NCCC(=O)Nc1ccc(N2CCc3sccc3C2)nc1. The van der Waals surface area contributed by atoms with Crippen molar-refractivity contribution in [1.82, 2.24) is 10.3 Å². The summed E-state index contributed by atoms with van der Waals surface area (Å²) in [6, 6.07) is 15.5. The molecule has 154 valence electrons. The summed E-state index contributed by atoms with van der Waals surface area (Å²) >= 11 is 1.82. The van der Waals surface area contributed by atoms with E-state index in [4.69, 9.17) is 0 Å². The highest BCUT2D eigenvalue weighted by Crippen LogP contribution is 2.27. The number of hydrogen-bond acceptors (Lipinski definition) is 5. The Morgan fingerprint density at radius 2 is 1.93 bits per heavy atom. The molecule has 1 aliphatic rings. The molecule has 30 heavy (non-hydrogen) atoms. The maximum absolute atomic E-state index is 12.1. The maximum Gasteiger partial charge on any atom is 0.226 e. The van der Waals surface area contributed by atoms with Crippen LogP contribution in [-0.2, 0) is 29.0 Å². The molecule has 2 aromatic heterocycles. The van der Waals surface area contributed by atoms with Crippen LogP contribution in [-0.4, -0.2) is 29.9 Å². The second-order valence-electron chi connectivity index (χ2n) is 7.26. The molecule has 2 amide bonds. The molecule has 0 bridgehead atoms. The number of nitrogens with one attached hydrogen (secondary N) is 2. The minimum Gasteiger partial charge on any atom is -0.355 e. The summed E-state index contributed by atoms with van der Waals surface area (Å²) in [7, 11) is 0. The van der Waals surface area contributed by atoms with Crippen LogP contribution in [0.3, 0.4) is 0 Å². The molecule has 0 atom stereocenters. The maximum atomic E-state index is 12.1. The fraction of sp³-hybridized carbons (Fsp3) is 0.261. The number of benzene rings is 1. The van der Waals surface area contributed by atoms with E-state index in [0.717, 1.165) is 30.9 Å². The highest BCUT2D eigenvalue weighted by atomic mass is 32.1.